The van der Waals surface area contributed by atoms with Crippen LogP contribution < -0.4 is 15.4 Å². The van der Waals surface area contributed by atoms with E-state index in [1.807, 2.05) is 24.3 Å². The molecular weight excluding hydrogens is 765 g/mol. The van der Waals surface area contributed by atoms with E-state index in [0.717, 1.165) is 44.3 Å². The van der Waals surface area contributed by atoms with E-state index in [0.29, 0.717) is 45.2 Å². The Balaban J connectivity index is 1.15. The molecule has 1 aromatic rings. The van der Waals surface area contributed by atoms with Crippen LogP contribution in [0.1, 0.15) is 115 Å². The number of alkyl carbamates (subject to hydrolysis) is 1. The van der Waals surface area contributed by atoms with Crippen LogP contribution in [0.3, 0.4) is 0 Å². The van der Waals surface area contributed by atoms with Crippen molar-refractivity contribution in [2.75, 3.05) is 32.7 Å². The van der Waals surface area contributed by atoms with Gasteiger partial charge < -0.3 is 29.9 Å². The summed E-state index contributed by atoms with van der Waals surface area (Å²) >= 11 is 0. The van der Waals surface area contributed by atoms with E-state index in [2.05, 4.69) is 32.4 Å². The van der Waals surface area contributed by atoms with Crippen LogP contribution in [0, 0.1) is 5.92 Å². The number of amides is 5. The summed E-state index contributed by atoms with van der Waals surface area (Å²) in [5.41, 5.74) is -0.0718. The lowest BCUT2D eigenvalue weighted by atomic mass is 9.92. The molecule has 5 amide bonds. The standard InChI is InChI=1S/C42H60N6O9S/c1-41(2,3)57-39(52)43-33-17-9-6-4-5-8-15-29-25-42(29,38(51)45-58(54,55)31-18-19-31)44-36(49)34-24-30(26-48(34)37(33)50)56-40(53)47-23-20-28-14-10-11-16-32(28)35(47)27-46-21-12-7-13-22-46/h8,10-11,14-16,29-31,33-35H,4-7,9,12-13,17-27H2,1-3H3,(H,43,52)(H,44,49)(H,45,51)/b15-8-/t29-,30-,33+,34+,35?,42-/m1/s1. The first kappa shape index (κ1) is 42.0. The zero-order valence-electron chi connectivity index (χ0n) is 34.1. The SMILES string of the molecule is CC(C)(C)OC(=O)N[C@H]1CCCCC/C=C\[C@@H]2C[C@@]2(C(=O)NS(=O)(=O)C2CC2)NC(=O)[C@@H]2C[C@@H](OC(=O)N3CCc4ccccc4C3CN3CCCCC3)CN2C1=O. The maximum absolute atomic E-state index is 14.6. The van der Waals surface area contributed by atoms with Crippen LogP contribution in [-0.4, -0.2) is 120 Å². The molecule has 4 fully saturated rings. The van der Waals surface area contributed by atoms with Gasteiger partial charge in [-0.1, -0.05) is 55.7 Å². The molecule has 4 heterocycles. The number of rotatable bonds is 7. The van der Waals surface area contributed by atoms with Gasteiger partial charge in [0.1, 0.15) is 29.3 Å². The summed E-state index contributed by atoms with van der Waals surface area (Å²) in [6, 6.07) is 5.71. The third kappa shape index (κ3) is 9.81. The first-order valence-electron chi connectivity index (χ1n) is 21.3. The lowest BCUT2D eigenvalue weighted by Crippen LogP contribution is -2.58. The summed E-state index contributed by atoms with van der Waals surface area (Å²) in [5.74, 6) is -2.45. The molecule has 2 saturated heterocycles. The number of sulfonamides is 1. The van der Waals surface area contributed by atoms with Crippen molar-refractivity contribution in [3.05, 3.63) is 47.5 Å². The van der Waals surface area contributed by atoms with Crippen molar-refractivity contribution in [1.82, 2.24) is 30.1 Å². The van der Waals surface area contributed by atoms with Crippen molar-refractivity contribution < 1.29 is 41.9 Å². The number of hydrogen-bond donors (Lipinski definition) is 3. The van der Waals surface area contributed by atoms with Crippen molar-refractivity contribution in [3.63, 3.8) is 0 Å². The highest BCUT2D eigenvalue weighted by atomic mass is 32.2. The lowest BCUT2D eigenvalue weighted by molar-refractivity contribution is -0.141. The third-order valence-electron chi connectivity index (χ3n) is 12.3. The predicted molar refractivity (Wildman–Crippen MR) is 215 cm³/mol. The minimum absolute atomic E-state index is 0.0533. The molecule has 58 heavy (non-hydrogen) atoms. The van der Waals surface area contributed by atoms with Crippen molar-refractivity contribution in [2.45, 2.75) is 145 Å². The van der Waals surface area contributed by atoms with Gasteiger partial charge in [0.05, 0.1) is 17.8 Å². The normalized spacial score (nSPS) is 30.3. The number of hydrogen-bond acceptors (Lipinski definition) is 10. The number of carbonyl (C=O) groups is 5. The number of nitrogens with zero attached hydrogens (tertiary/aromatic N) is 3. The van der Waals surface area contributed by atoms with E-state index in [4.69, 9.17) is 9.47 Å². The van der Waals surface area contributed by atoms with E-state index in [1.54, 1.807) is 25.7 Å². The second kappa shape index (κ2) is 17.2. The zero-order chi connectivity index (χ0) is 41.2. The molecule has 4 aliphatic heterocycles. The first-order valence-corrected chi connectivity index (χ1v) is 22.8. The van der Waals surface area contributed by atoms with Gasteiger partial charge in [-0.15, -0.1) is 0 Å². The van der Waals surface area contributed by atoms with Crippen LogP contribution in [0.5, 0.6) is 0 Å². The molecule has 15 nitrogen and oxygen atoms in total. The third-order valence-corrected chi connectivity index (χ3v) is 14.1. The van der Waals surface area contributed by atoms with Crippen LogP contribution in [0.25, 0.3) is 0 Å². The second-order valence-electron chi connectivity index (χ2n) is 18.0. The van der Waals surface area contributed by atoms with Gasteiger partial charge in [-0.3, -0.25) is 24.0 Å². The quantitative estimate of drug-likeness (QED) is 0.339. The van der Waals surface area contributed by atoms with Gasteiger partial charge in [-0.2, -0.15) is 0 Å². The molecule has 3 N–H and O–H groups in total. The molecule has 6 atom stereocenters. The number of benzene rings is 1. The number of carbonyl (C=O) groups excluding carboxylic acids is 5. The molecule has 1 unspecified atom stereocenters. The maximum Gasteiger partial charge on any atom is 0.410 e. The predicted octanol–water partition coefficient (Wildman–Crippen LogP) is 4.07. The largest absolute Gasteiger partial charge is 0.444 e. The molecule has 2 aliphatic carbocycles. The maximum atomic E-state index is 14.6. The van der Waals surface area contributed by atoms with E-state index in [1.165, 1.54) is 16.9 Å². The Morgan fingerprint density at radius 3 is 2.45 bits per heavy atom. The number of likely N-dealkylation sites (tertiary alicyclic amines) is 1. The van der Waals surface area contributed by atoms with Gasteiger partial charge in [-0.25, -0.2) is 18.0 Å². The smallest absolute Gasteiger partial charge is 0.410 e. The summed E-state index contributed by atoms with van der Waals surface area (Å²) in [6.45, 7) is 8.09. The monoisotopic (exact) mass is 824 g/mol. The molecule has 0 aromatic heterocycles. The zero-order valence-corrected chi connectivity index (χ0v) is 34.9. The summed E-state index contributed by atoms with van der Waals surface area (Å²) in [5, 5.41) is 4.97. The molecule has 0 bridgehead atoms. The summed E-state index contributed by atoms with van der Waals surface area (Å²) in [4.78, 5) is 75.6. The first-order chi connectivity index (χ1) is 27.6. The van der Waals surface area contributed by atoms with E-state index in [9.17, 15) is 32.4 Å². The minimum Gasteiger partial charge on any atom is -0.444 e. The van der Waals surface area contributed by atoms with Crippen LogP contribution in [0.15, 0.2) is 36.4 Å². The molecule has 318 valence electrons. The molecule has 2 saturated carbocycles. The van der Waals surface area contributed by atoms with Crippen LogP contribution in [0.2, 0.25) is 0 Å². The Hall–Kier alpha value is -4.18. The highest BCUT2D eigenvalue weighted by Gasteiger charge is 2.62. The van der Waals surface area contributed by atoms with Crippen molar-refractivity contribution in [3.8, 4) is 0 Å². The Kier molecular flexibility index (Phi) is 12.4. The molecule has 0 radical (unpaired) electrons. The summed E-state index contributed by atoms with van der Waals surface area (Å²) in [6.07, 6.45) is 9.85. The Labute approximate surface area is 342 Å². The molecular formula is C42H60N6O9S. The molecule has 7 rings (SSSR count). The van der Waals surface area contributed by atoms with Gasteiger partial charge >= 0.3 is 12.2 Å². The average Bonchev–Trinajstić information content (AvgIpc) is 4.10. The summed E-state index contributed by atoms with van der Waals surface area (Å²) in [7, 11) is -3.91. The van der Waals surface area contributed by atoms with Gasteiger partial charge in [0.25, 0.3) is 5.91 Å². The number of allylic oxidation sites excluding steroid dienone is 1. The van der Waals surface area contributed by atoms with Crippen molar-refractivity contribution in [1.29, 1.82) is 0 Å². The molecule has 1 aromatic carbocycles. The fourth-order valence-corrected chi connectivity index (χ4v) is 10.3. The van der Waals surface area contributed by atoms with Crippen LogP contribution in [-0.2, 0) is 40.3 Å². The van der Waals surface area contributed by atoms with Crippen molar-refractivity contribution >= 4 is 39.9 Å². The van der Waals surface area contributed by atoms with E-state index in [-0.39, 0.29) is 31.8 Å². The average molecular weight is 825 g/mol. The van der Waals surface area contributed by atoms with Gasteiger partial charge in [0.2, 0.25) is 21.8 Å². The van der Waals surface area contributed by atoms with E-state index >= 15 is 0 Å². The second-order valence-corrected chi connectivity index (χ2v) is 19.9. The molecule has 0 spiro atoms. The fourth-order valence-electron chi connectivity index (χ4n) is 8.96. The highest BCUT2D eigenvalue weighted by molar-refractivity contribution is 7.91. The van der Waals surface area contributed by atoms with Crippen molar-refractivity contribution in [2.24, 2.45) is 5.92 Å². The molecule has 16 heteroatoms. The van der Waals surface area contributed by atoms with E-state index < -0.39 is 80.4 Å². The Bertz CT molecular complexity index is 1870. The number of nitrogens with one attached hydrogen (secondary N) is 3. The Morgan fingerprint density at radius 1 is 0.966 bits per heavy atom. The Morgan fingerprint density at radius 2 is 1.71 bits per heavy atom. The minimum atomic E-state index is -3.91. The van der Waals surface area contributed by atoms with Gasteiger partial charge in [0, 0.05) is 25.4 Å². The topological polar surface area (TPSA) is 184 Å². The van der Waals surface area contributed by atoms with Gasteiger partial charge in [-0.05, 0) is 103 Å². The summed E-state index contributed by atoms with van der Waals surface area (Å²) < 4.78 is 39.7. The molecule has 6 aliphatic rings. The van der Waals surface area contributed by atoms with Crippen LogP contribution >= 0.6 is 0 Å². The lowest BCUT2D eigenvalue weighted by Gasteiger charge is -2.40. The number of fused-ring (bicyclic) bond motifs is 3. The fraction of sp³-hybridized carbons (Fsp3) is 0.690. The number of piperidine rings is 1. The van der Waals surface area contributed by atoms with Gasteiger partial charge in [0.15, 0.2) is 0 Å². The van der Waals surface area contributed by atoms with Crippen LogP contribution in [0.4, 0.5) is 9.59 Å². The number of ether oxygens (including phenoxy) is 2. The highest BCUT2D eigenvalue weighted by Crippen LogP contribution is 2.46.